The van der Waals surface area contributed by atoms with Crippen molar-refractivity contribution in [3.8, 4) is 0 Å². The fourth-order valence-electron chi connectivity index (χ4n) is 0. The second-order valence-electron chi connectivity index (χ2n) is 0.211. The van der Waals surface area contributed by atoms with E-state index in [1.807, 2.05) is 0 Å². The summed E-state index contributed by atoms with van der Waals surface area (Å²) in [4.78, 5) is 0. The summed E-state index contributed by atoms with van der Waals surface area (Å²) >= 11 is 8.18. The van der Waals surface area contributed by atoms with Crippen LogP contribution in [0, 0.1) is 0 Å². The first kappa shape index (κ1) is 4.30. The van der Waals surface area contributed by atoms with Crippen LogP contribution < -0.4 is 0 Å². The van der Waals surface area contributed by atoms with Crippen molar-refractivity contribution in [1.29, 1.82) is 0 Å². The summed E-state index contributed by atoms with van der Waals surface area (Å²) in [5.41, 5.74) is 0. The van der Waals surface area contributed by atoms with Crippen LogP contribution in [-0.4, -0.2) is 6.29 Å². The van der Waals surface area contributed by atoms with Gasteiger partial charge in [0.1, 0.15) is 0 Å². The Hall–Kier alpha value is 0.305. The molecule has 0 heterocycles. The third-order valence-electron chi connectivity index (χ3n) is 0.0430. The van der Waals surface area contributed by atoms with E-state index in [1.165, 1.54) is 0 Å². The molecular formula is BNS2. The normalized spacial score (nSPS) is 4.00. The molecule has 0 aliphatic rings. The van der Waals surface area contributed by atoms with Gasteiger partial charge < -0.3 is 0 Å². The molecule has 4 heteroatoms. The van der Waals surface area contributed by atoms with Gasteiger partial charge in [-0.2, -0.15) is 0 Å². The molecule has 0 unspecified atom stereocenters. The van der Waals surface area contributed by atoms with Crippen LogP contribution >= 0.6 is 12.1 Å². The predicted molar refractivity (Wildman–Crippen MR) is 23.1 cm³/mol. The predicted octanol–water partition coefficient (Wildman–Crippen LogP) is 0.449. The van der Waals surface area contributed by atoms with Crippen molar-refractivity contribution in [1.82, 2.24) is 0 Å². The second-order valence-corrected chi connectivity index (χ2v) is 0.632. The summed E-state index contributed by atoms with van der Waals surface area (Å²) < 4.78 is 3.01. The van der Waals surface area contributed by atoms with Crippen LogP contribution in [0.15, 0.2) is 4.27 Å². The van der Waals surface area contributed by atoms with Crippen molar-refractivity contribution >= 4 is 30.8 Å². The van der Waals surface area contributed by atoms with Gasteiger partial charge in [0.05, 0.1) is 0 Å². The zero-order valence-electron chi connectivity index (χ0n) is 1.84. The molecule has 0 aliphatic heterocycles. The van der Waals surface area contributed by atoms with Gasteiger partial charge in [0, 0.05) is 0 Å². The maximum atomic E-state index is 4.16. The van der Waals surface area contributed by atoms with Crippen molar-refractivity contribution in [2.75, 3.05) is 0 Å². The Bertz CT molecular complexity index is 27.0. The number of nitrogens with zero attached hydrogens (tertiary/aromatic N) is 1. The molecule has 0 N–H and O–H groups in total. The van der Waals surface area contributed by atoms with Gasteiger partial charge in [-0.3, -0.25) is 0 Å². The Morgan fingerprint density at radius 3 is 2.00 bits per heavy atom. The van der Waals surface area contributed by atoms with Crippen LogP contribution in [-0.2, 0) is 12.4 Å². The fourth-order valence-corrected chi connectivity index (χ4v) is 0. The quantitative estimate of drug-likeness (QED) is 0.432. The van der Waals surface area contributed by atoms with Gasteiger partial charge in [-0.25, -0.2) is 0 Å². The summed E-state index contributed by atoms with van der Waals surface area (Å²) in [6.07, 6.45) is 1.15. The topological polar surface area (TPSA) is 12.4 Å². The Kier molecular flexibility index (Phi) is 3.56. The average Bonchev–Trinajstić information content (AvgIpc) is 1.37. The van der Waals surface area contributed by atoms with E-state index < -0.39 is 0 Å². The van der Waals surface area contributed by atoms with Gasteiger partial charge in [0.25, 0.3) is 0 Å². The molecule has 0 aromatic carbocycles. The Morgan fingerprint density at radius 1 is 1.75 bits per heavy atom. The molecule has 0 aromatic rings. The van der Waals surface area contributed by atoms with E-state index in [-0.39, 0.29) is 0 Å². The molecule has 0 saturated heterocycles. The summed E-state index contributed by atoms with van der Waals surface area (Å²) in [6, 6.07) is 0. The molecule has 0 saturated carbocycles. The first-order chi connectivity index (χ1) is 1.91. The van der Waals surface area contributed by atoms with Crippen molar-refractivity contribution in [2.45, 2.75) is 0 Å². The summed E-state index contributed by atoms with van der Waals surface area (Å²) in [5, 5.41) is 0. The first-order valence-corrected chi connectivity index (χ1v) is 1.51. The van der Waals surface area contributed by atoms with E-state index in [4.69, 9.17) is 0 Å². The minimum atomic E-state index is 1.15. The van der Waals surface area contributed by atoms with E-state index in [2.05, 4.69) is 28.8 Å². The molecule has 20 valence electrons. The van der Waals surface area contributed by atoms with Crippen molar-refractivity contribution in [3.63, 3.8) is 0 Å². The van der Waals surface area contributed by atoms with Crippen LogP contribution in [0.25, 0.3) is 0 Å². The second kappa shape index (κ2) is 3.30. The zero-order valence-corrected chi connectivity index (χ0v) is 3.47. The van der Waals surface area contributed by atoms with Gasteiger partial charge in [-0.15, -0.1) is 0 Å². The van der Waals surface area contributed by atoms with Crippen LogP contribution in [0.5, 0.6) is 0 Å². The van der Waals surface area contributed by atoms with Crippen LogP contribution in [0.1, 0.15) is 0 Å². The summed E-state index contributed by atoms with van der Waals surface area (Å²) in [7, 11) is 0. The van der Waals surface area contributed by atoms with Crippen molar-refractivity contribution in [2.24, 2.45) is 4.27 Å². The molecule has 1 nitrogen and oxygen atoms in total. The van der Waals surface area contributed by atoms with Gasteiger partial charge in [0.15, 0.2) is 0 Å². The molecule has 0 bridgehead atoms. The molecule has 0 aliphatic carbocycles. The maximum absolute atomic E-state index is 4.16. The van der Waals surface area contributed by atoms with Crippen molar-refractivity contribution < 1.29 is 0 Å². The third kappa shape index (κ3) is 2.30. The third-order valence-corrected chi connectivity index (χ3v) is 0.387. The SMILES string of the molecule is S=BN=S. The number of hydrogen-bond acceptors (Lipinski definition) is 2. The van der Waals surface area contributed by atoms with Crippen LogP contribution in [0.2, 0.25) is 0 Å². The Balaban J connectivity index is 2.73. The van der Waals surface area contributed by atoms with E-state index in [1.54, 1.807) is 0 Å². The molecule has 0 aromatic heterocycles. The number of rotatable bonds is 1. The van der Waals surface area contributed by atoms with Gasteiger partial charge in [-0.1, -0.05) is 0 Å². The monoisotopic (exact) mass is 89.0 g/mol. The first-order valence-electron chi connectivity index (χ1n) is 0.676. The van der Waals surface area contributed by atoms with Crippen LogP contribution in [0.3, 0.4) is 0 Å². The van der Waals surface area contributed by atoms with Crippen LogP contribution in [0.4, 0.5) is 0 Å². The van der Waals surface area contributed by atoms with Gasteiger partial charge in [-0.05, 0) is 0 Å². The number of hydrogen-bond donors (Lipinski definition) is 0. The van der Waals surface area contributed by atoms with E-state index in [9.17, 15) is 0 Å². The Labute approximate surface area is 35.7 Å². The molecule has 0 spiro atoms. The zero-order chi connectivity index (χ0) is 3.41. The standard InChI is InChI=1S/BNS2/c3-1-2-4. The minimum absolute atomic E-state index is 1.15. The van der Waals surface area contributed by atoms with E-state index in [0.29, 0.717) is 0 Å². The fraction of sp³-hybridized carbons (Fsp3) is 0. The molecular weight excluding hydrogens is 89.0 g/mol. The van der Waals surface area contributed by atoms with E-state index >= 15 is 0 Å². The Morgan fingerprint density at radius 2 is 2.00 bits per heavy atom. The molecule has 0 amide bonds. The van der Waals surface area contributed by atoms with E-state index in [0.717, 1.165) is 6.29 Å². The molecule has 4 heavy (non-hydrogen) atoms. The van der Waals surface area contributed by atoms with Crippen molar-refractivity contribution in [3.05, 3.63) is 0 Å². The van der Waals surface area contributed by atoms with Gasteiger partial charge in [0.2, 0.25) is 0 Å². The summed E-state index contributed by atoms with van der Waals surface area (Å²) in [5.74, 6) is 0. The molecule has 0 fully saturated rings. The summed E-state index contributed by atoms with van der Waals surface area (Å²) in [6.45, 7) is 0. The average molecular weight is 89.0 g/mol. The van der Waals surface area contributed by atoms with Gasteiger partial charge >= 0.3 is 35.0 Å². The molecule has 0 rings (SSSR count). The molecule has 0 radical (unpaired) electrons. The molecule has 0 atom stereocenters.